The Bertz CT molecular complexity index is 7230. The first-order valence-electron chi connectivity index (χ1n) is 45.9. The first kappa shape index (κ1) is 97.5. The summed E-state index contributed by atoms with van der Waals surface area (Å²) in [5.74, 6) is 2.60. The number of piperidine rings is 4. The molecule has 5 fully saturated rings. The van der Waals surface area contributed by atoms with Crippen LogP contribution in [0.2, 0.25) is 0 Å². The fourth-order valence-electron chi connectivity index (χ4n) is 18.1. The maximum absolute atomic E-state index is 12.6. The van der Waals surface area contributed by atoms with E-state index in [-0.39, 0.29) is 66.8 Å². The minimum absolute atomic E-state index is 0. The van der Waals surface area contributed by atoms with Crippen molar-refractivity contribution < 1.29 is 27.9 Å². The predicted molar refractivity (Wildman–Crippen MR) is 555 cm³/mol. The van der Waals surface area contributed by atoms with Crippen molar-refractivity contribution in [2.75, 3.05) is 75.3 Å². The van der Waals surface area contributed by atoms with E-state index in [0.29, 0.717) is 111 Å². The zero-order valence-electron chi connectivity index (χ0n) is 76.3. The van der Waals surface area contributed by atoms with Gasteiger partial charge in [0.15, 0.2) is 22.6 Å². The third kappa shape index (κ3) is 21.1. The Morgan fingerprint density at radius 2 is 0.705 bits per heavy atom. The van der Waals surface area contributed by atoms with Gasteiger partial charge in [-0.1, -0.05) is 123 Å². The number of hydrogen-bond acceptors (Lipinski definition) is 23. The number of nitrogens with zero attached hydrogens (tertiary/aromatic N) is 21. The number of pyridine rings is 5. The van der Waals surface area contributed by atoms with Crippen LogP contribution in [0.3, 0.4) is 0 Å². The van der Waals surface area contributed by atoms with Crippen molar-refractivity contribution in [3.63, 3.8) is 0 Å². The lowest BCUT2D eigenvalue weighted by Gasteiger charge is -2.33. The molecule has 0 atom stereocenters. The molecule has 1 saturated carbocycles. The summed E-state index contributed by atoms with van der Waals surface area (Å²) in [5.41, 5.74) is 51.2. The molecule has 21 rings (SSSR count). The van der Waals surface area contributed by atoms with Crippen molar-refractivity contribution in [2.45, 2.75) is 146 Å². The third-order valence-electron chi connectivity index (χ3n) is 25.8. The van der Waals surface area contributed by atoms with E-state index in [1.807, 2.05) is 200 Å². The number of halogens is 4. The number of urea groups is 2. The van der Waals surface area contributed by atoms with Crippen molar-refractivity contribution in [3.05, 3.63) is 254 Å². The Morgan fingerprint density at radius 3 is 0.986 bits per heavy atom. The number of benzene rings is 3. The van der Waals surface area contributed by atoms with E-state index >= 15 is 0 Å². The van der Waals surface area contributed by atoms with E-state index < -0.39 is 15.6 Å². The van der Waals surface area contributed by atoms with Crippen LogP contribution in [0.4, 0.5) is 32.9 Å². The number of amides is 5. The van der Waals surface area contributed by atoms with Gasteiger partial charge in [-0.05, 0) is 192 Å². The summed E-state index contributed by atoms with van der Waals surface area (Å²) in [7, 11) is -3.15. The maximum Gasteiger partial charge on any atom is 0.317 e. The summed E-state index contributed by atoms with van der Waals surface area (Å²) in [5, 5.41) is 30.7. The average molecular weight is 2150 g/mol. The van der Waals surface area contributed by atoms with Gasteiger partial charge in [0, 0.05) is 186 Å². The molecule has 4 saturated heterocycles. The van der Waals surface area contributed by atoms with Crippen LogP contribution >= 0.6 is 63.7 Å². The molecular formula is C101H107Br4N27O6S. The third-order valence-corrected chi connectivity index (χ3v) is 31.4. The highest BCUT2D eigenvalue weighted by atomic mass is 79.9. The van der Waals surface area contributed by atoms with Crippen LogP contribution in [0, 0.1) is 0 Å². The Morgan fingerprint density at radius 1 is 0.403 bits per heavy atom. The number of carbonyl (C=O) groups excluding carboxylic acids is 3. The molecule has 1 aliphatic carbocycles. The number of nitrogens with two attached hydrogens (primary N) is 5. The molecule has 0 bridgehead atoms. The van der Waals surface area contributed by atoms with E-state index in [0.717, 1.165) is 182 Å². The largest absolute Gasteiger partial charge is 0.390 e. The second kappa shape index (κ2) is 41.9. The molecule has 716 valence electrons. The number of aromatic nitrogens is 17. The molecule has 5 amide bonds. The summed E-state index contributed by atoms with van der Waals surface area (Å²) in [4.78, 5) is 84.4. The molecule has 38 heteroatoms. The number of primary amides is 1. The summed E-state index contributed by atoms with van der Waals surface area (Å²) >= 11 is 14.6. The molecule has 139 heavy (non-hydrogen) atoms. The first-order valence-corrected chi connectivity index (χ1v) is 50.6. The summed E-state index contributed by atoms with van der Waals surface area (Å²) in [6.45, 7) is 12.1. The quantitative estimate of drug-likeness (QED) is 0.0445. The van der Waals surface area contributed by atoms with Gasteiger partial charge < -0.3 is 53.8 Å². The van der Waals surface area contributed by atoms with Gasteiger partial charge in [-0.25, -0.2) is 42.2 Å². The number of anilines is 4. The topological polar surface area (TPSA) is 446 Å². The monoisotopic (exact) mass is 2140 g/mol. The number of likely N-dealkylation sites (tertiary alicyclic amines) is 3. The van der Waals surface area contributed by atoms with E-state index in [1.165, 1.54) is 0 Å². The van der Waals surface area contributed by atoms with Gasteiger partial charge in [-0.3, -0.25) is 29.7 Å². The summed E-state index contributed by atoms with van der Waals surface area (Å²) in [6.07, 6.45) is 25.8. The van der Waals surface area contributed by atoms with Gasteiger partial charge in [0.2, 0.25) is 15.9 Å². The number of nitrogens with one attached hydrogen (secondary N) is 1. The molecule has 5 aliphatic rings. The summed E-state index contributed by atoms with van der Waals surface area (Å²) < 4.78 is 36.5. The van der Waals surface area contributed by atoms with Crippen molar-refractivity contribution in [3.8, 4) is 89.5 Å². The van der Waals surface area contributed by atoms with Crippen molar-refractivity contribution in [1.29, 1.82) is 0 Å². The minimum atomic E-state index is -3.15. The number of fused-ring (bicyclic) bond motifs is 4. The average Bonchev–Trinajstić information content (AvgIpc) is 1.65. The normalized spacial score (nSPS) is 15.4. The highest BCUT2D eigenvalue weighted by Crippen LogP contribution is 2.45. The van der Waals surface area contributed by atoms with Gasteiger partial charge in [0.25, 0.3) is 0 Å². The minimum Gasteiger partial charge on any atom is -0.390 e. The highest BCUT2D eigenvalue weighted by Gasteiger charge is 2.42. The van der Waals surface area contributed by atoms with Crippen molar-refractivity contribution in [1.82, 2.24) is 108 Å². The fourth-order valence-corrected chi connectivity index (χ4v) is 22.3. The lowest BCUT2D eigenvalue weighted by atomic mass is 9.92. The smallest absolute Gasteiger partial charge is 0.317 e. The summed E-state index contributed by atoms with van der Waals surface area (Å²) in [6, 6.07) is 49.8. The van der Waals surface area contributed by atoms with Gasteiger partial charge in [-0.15, -0.1) is 0 Å². The zero-order chi connectivity index (χ0) is 96.4. The second-order valence-corrected chi connectivity index (χ2v) is 41.4. The van der Waals surface area contributed by atoms with Crippen LogP contribution in [-0.4, -0.2) is 203 Å². The predicted octanol–water partition coefficient (Wildman–Crippen LogP) is 18.3. The molecule has 3 aromatic carbocycles. The lowest BCUT2D eigenvalue weighted by molar-refractivity contribution is -0.136. The molecule has 0 spiro atoms. The molecule has 16 aromatic rings. The maximum atomic E-state index is 12.6. The van der Waals surface area contributed by atoms with Crippen LogP contribution in [0.15, 0.2) is 232 Å². The Hall–Kier alpha value is -13.1. The Kier molecular flexibility index (Phi) is 29.4. The van der Waals surface area contributed by atoms with Crippen LogP contribution in [-0.2, 0) is 14.8 Å². The van der Waals surface area contributed by atoms with E-state index in [1.54, 1.807) is 78.3 Å². The lowest BCUT2D eigenvalue weighted by Crippen LogP contribution is -2.46. The van der Waals surface area contributed by atoms with Gasteiger partial charge in [0.05, 0.1) is 106 Å². The Labute approximate surface area is 837 Å². The zero-order valence-corrected chi connectivity index (χ0v) is 83.5. The number of nitrogen functional groups attached to an aromatic ring is 4. The highest BCUT2D eigenvalue weighted by molar-refractivity contribution is 9.11. The SMILES string of the molecule is C.CC(C)(O)CC(=O)N1CCC(c2nc3c(-c4ccc(-c5ccccc5)nc4)cnn3c(N)c2Br)CC1.CC(C)NC(=O)N1CCC(c2nc3c(-c4ccc(-c5ccccc5)nc4)cnn3c(N)c2Br)CC1.NC(=O)N1CCC(c2nc3c(-c4ccc(-c5cccnc5)nc4)cnn3c(N)c2Br)CC1.Nc1c(Br)c(C2CCN(S(=O)(=O)C3CC3)CC2)nc2c(-c3ccc(-c4ccccc4)nc3)cnn12. The molecular weight excluding hydrogens is 2040 g/mol. The molecule has 4 aliphatic heterocycles. The van der Waals surface area contributed by atoms with Crippen LogP contribution in [0.5, 0.6) is 0 Å². The molecule has 33 nitrogen and oxygen atoms in total. The van der Waals surface area contributed by atoms with E-state index in [4.69, 9.17) is 48.6 Å². The fraction of sp³-hybridized carbons (Fsp3) is 0.307. The van der Waals surface area contributed by atoms with Crippen molar-refractivity contribution in [2.24, 2.45) is 5.73 Å². The Balaban J connectivity index is 0.000000128. The molecule has 12 N–H and O–H groups in total. The van der Waals surface area contributed by atoms with E-state index in [2.05, 4.69) is 114 Å². The number of aliphatic hydroxyl groups is 1. The first-order chi connectivity index (χ1) is 66.6. The van der Waals surface area contributed by atoms with Gasteiger partial charge in [0.1, 0.15) is 23.3 Å². The number of carbonyl (C=O) groups is 3. The van der Waals surface area contributed by atoms with Crippen LogP contribution in [0.25, 0.3) is 112 Å². The number of rotatable bonds is 17. The molecule has 17 heterocycles. The van der Waals surface area contributed by atoms with Gasteiger partial charge in [-0.2, -0.15) is 38.5 Å². The number of sulfonamides is 1. The molecule has 0 radical (unpaired) electrons. The molecule has 0 unspecified atom stereocenters. The van der Waals surface area contributed by atoms with Gasteiger partial charge >= 0.3 is 12.1 Å². The van der Waals surface area contributed by atoms with Crippen molar-refractivity contribution >= 4 is 138 Å². The van der Waals surface area contributed by atoms with E-state index in [9.17, 15) is 27.9 Å². The standard InChI is InChI=1S/C27H29BrN6O2.C26H28BrN7O.C25H25BrN6O2S.C22H21BrN8O.CH4/c1-27(2,36)14-22(35)33-12-10-18(11-13-33)24-23(28)25(29)34-26(32-24)20(16-31-34)19-8-9-21(30-15-19)17-6-4-3-5-7-17;1-16(2)31-26(35)33-12-10-18(11-13-33)23-22(27)24(28)34-25(32-23)20(15-30-34)19-8-9-21(29-14-19)17-6-4-3-5-7-17;26-22-23(17-10-12-31(13-11-17)35(33,34)19-7-8-19)30-25-20(15-29-32(25)24(22)27)18-6-9-21(28-14-18)16-4-2-1-3-5-16;23-18-19(13-5-8-30(9-6-13)22(25)32)29-21-16(12-28-31(21)20(18)24)14-3-4-17(27-11-14)15-2-1-7-26-10-15;/h3-9,15-16,18,36H,10-14,29H2,1-2H3;3-9,14-16,18H,10-13,28H2,1-2H3,(H,31,35);1-6,9,14-15,17,19H,7-8,10-13,27H2;1-4,7,10-13H,5-6,8-9,24H2,(H2,25,32);1H4. The van der Waals surface area contributed by atoms with Crippen LogP contribution < -0.4 is 34.0 Å². The van der Waals surface area contributed by atoms with Crippen LogP contribution in [0.1, 0.15) is 152 Å². The second-order valence-electron chi connectivity index (χ2n) is 36.1. The molecule has 13 aromatic heterocycles. The number of hydrogen-bond donors (Lipinski definition) is 7.